The molecular formula is C14H21N3O2. The molecule has 0 aliphatic rings. The minimum absolute atomic E-state index is 0.00340. The molecule has 0 radical (unpaired) electrons. The summed E-state index contributed by atoms with van der Waals surface area (Å²) in [6.45, 7) is 2.70. The number of benzene rings is 1. The molecule has 0 aliphatic carbocycles. The van der Waals surface area contributed by atoms with Gasteiger partial charge in [-0.3, -0.25) is 4.79 Å². The largest absolute Gasteiger partial charge is 0.358 e. The molecule has 0 aromatic heterocycles. The van der Waals surface area contributed by atoms with Crippen LogP contribution >= 0.6 is 0 Å². The van der Waals surface area contributed by atoms with Gasteiger partial charge in [-0.25, -0.2) is 4.79 Å². The lowest BCUT2D eigenvalue weighted by molar-refractivity contribution is -0.119. The molecule has 5 heteroatoms. The predicted octanol–water partition coefficient (Wildman–Crippen LogP) is 1.23. The van der Waals surface area contributed by atoms with Gasteiger partial charge in [0, 0.05) is 13.6 Å². The molecule has 0 spiro atoms. The third-order valence-electron chi connectivity index (χ3n) is 2.92. The summed E-state index contributed by atoms with van der Waals surface area (Å²) in [6.07, 6.45) is 0.859. The van der Waals surface area contributed by atoms with E-state index in [0.717, 1.165) is 6.42 Å². The molecule has 1 atom stereocenters. The predicted molar refractivity (Wildman–Crippen MR) is 74.9 cm³/mol. The van der Waals surface area contributed by atoms with Crippen molar-refractivity contribution in [1.29, 1.82) is 0 Å². The first-order valence-corrected chi connectivity index (χ1v) is 6.40. The average Bonchev–Trinajstić information content (AvgIpc) is 2.45. The van der Waals surface area contributed by atoms with Crippen molar-refractivity contribution in [3.8, 4) is 0 Å². The van der Waals surface area contributed by atoms with Gasteiger partial charge in [-0.2, -0.15) is 0 Å². The highest BCUT2D eigenvalue weighted by Gasteiger charge is 2.06. The first-order chi connectivity index (χ1) is 9.13. The van der Waals surface area contributed by atoms with E-state index in [1.165, 1.54) is 12.6 Å². The van der Waals surface area contributed by atoms with Crippen LogP contribution in [0.25, 0.3) is 0 Å². The van der Waals surface area contributed by atoms with Crippen molar-refractivity contribution in [1.82, 2.24) is 16.0 Å². The fourth-order valence-electron chi connectivity index (χ4n) is 1.66. The van der Waals surface area contributed by atoms with Gasteiger partial charge < -0.3 is 16.0 Å². The molecule has 0 fully saturated rings. The van der Waals surface area contributed by atoms with E-state index >= 15 is 0 Å². The van der Waals surface area contributed by atoms with E-state index in [9.17, 15) is 9.59 Å². The van der Waals surface area contributed by atoms with Crippen LogP contribution in [0.3, 0.4) is 0 Å². The van der Waals surface area contributed by atoms with Gasteiger partial charge in [0.05, 0.1) is 6.54 Å². The van der Waals surface area contributed by atoms with Crippen LogP contribution in [0.15, 0.2) is 30.3 Å². The van der Waals surface area contributed by atoms with Crippen molar-refractivity contribution in [2.24, 2.45) is 0 Å². The number of amides is 3. The maximum Gasteiger partial charge on any atom is 0.315 e. The van der Waals surface area contributed by atoms with Crippen LogP contribution in [0, 0.1) is 0 Å². The molecule has 3 amide bonds. The Balaban J connectivity index is 2.19. The number of rotatable bonds is 6. The smallest absolute Gasteiger partial charge is 0.315 e. The Morgan fingerprint density at radius 1 is 1.16 bits per heavy atom. The molecule has 1 aromatic rings. The number of hydrogen-bond donors (Lipinski definition) is 3. The van der Waals surface area contributed by atoms with Crippen molar-refractivity contribution >= 4 is 11.9 Å². The average molecular weight is 263 g/mol. The van der Waals surface area contributed by atoms with Crippen molar-refractivity contribution in [2.75, 3.05) is 20.1 Å². The summed E-state index contributed by atoms with van der Waals surface area (Å²) in [6, 6.07) is 9.85. The van der Waals surface area contributed by atoms with Gasteiger partial charge in [0.1, 0.15) is 0 Å². The number of hydrogen-bond acceptors (Lipinski definition) is 2. The summed E-state index contributed by atoms with van der Waals surface area (Å²) in [5, 5.41) is 7.65. The topological polar surface area (TPSA) is 70.2 Å². The zero-order valence-corrected chi connectivity index (χ0v) is 11.4. The highest BCUT2D eigenvalue weighted by Crippen LogP contribution is 2.17. The Hall–Kier alpha value is -2.04. The minimum atomic E-state index is -0.316. The summed E-state index contributed by atoms with van der Waals surface area (Å²) in [7, 11) is 1.53. The van der Waals surface area contributed by atoms with Crippen molar-refractivity contribution in [3.63, 3.8) is 0 Å². The molecule has 0 aliphatic heterocycles. The zero-order valence-electron chi connectivity index (χ0n) is 11.4. The Morgan fingerprint density at radius 2 is 1.84 bits per heavy atom. The summed E-state index contributed by atoms with van der Waals surface area (Å²) in [5.74, 6) is 0.174. The van der Waals surface area contributed by atoms with E-state index in [2.05, 4.69) is 35.0 Å². The third kappa shape index (κ3) is 5.90. The Morgan fingerprint density at radius 3 is 2.47 bits per heavy atom. The SMILES string of the molecule is CNC(=O)CNC(=O)NCC[C@H](C)c1ccccc1. The number of likely N-dealkylation sites (N-methyl/N-ethyl adjacent to an activating group) is 1. The second-order valence-electron chi connectivity index (χ2n) is 4.38. The second-order valence-corrected chi connectivity index (χ2v) is 4.38. The van der Waals surface area contributed by atoms with Crippen LogP contribution in [-0.4, -0.2) is 32.1 Å². The van der Waals surface area contributed by atoms with E-state index in [1.54, 1.807) is 0 Å². The van der Waals surface area contributed by atoms with Gasteiger partial charge in [-0.05, 0) is 17.9 Å². The molecule has 3 N–H and O–H groups in total. The van der Waals surface area contributed by atoms with E-state index in [4.69, 9.17) is 0 Å². The van der Waals surface area contributed by atoms with Crippen molar-refractivity contribution in [3.05, 3.63) is 35.9 Å². The van der Waals surface area contributed by atoms with Crippen LogP contribution in [-0.2, 0) is 4.79 Å². The lowest BCUT2D eigenvalue weighted by Crippen LogP contribution is -2.41. The number of nitrogens with one attached hydrogen (secondary N) is 3. The van der Waals surface area contributed by atoms with E-state index in [0.29, 0.717) is 12.5 Å². The van der Waals surface area contributed by atoms with Gasteiger partial charge >= 0.3 is 6.03 Å². The quantitative estimate of drug-likeness (QED) is 0.722. The van der Waals surface area contributed by atoms with Gasteiger partial charge in [0.15, 0.2) is 0 Å². The summed E-state index contributed by atoms with van der Waals surface area (Å²) in [4.78, 5) is 22.3. The van der Waals surface area contributed by atoms with Crippen LogP contribution in [0.2, 0.25) is 0 Å². The lowest BCUT2D eigenvalue weighted by atomic mass is 9.98. The van der Waals surface area contributed by atoms with Gasteiger partial charge in [0.2, 0.25) is 5.91 Å². The fourth-order valence-corrected chi connectivity index (χ4v) is 1.66. The Kier molecular flexibility index (Phi) is 6.43. The molecule has 0 heterocycles. The van der Waals surface area contributed by atoms with E-state index < -0.39 is 0 Å². The molecule has 0 bridgehead atoms. The molecule has 1 rings (SSSR count). The lowest BCUT2D eigenvalue weighted by Gasteiger charge is -2.12. The van der Waals surface area contributed by atoms with Gasteiger partial charge in [-0.1, -0.05) is 37.3 Å². The number of urea groups is 1. The van der Waals surface area contributed by atoms with Crippen LogP contribution in [0.5, 0.6) is 0 Å². The Bertz CT molecular complexity index is 406. The maximum absolute atomic E-state index is 11.4. The molecular weight excluding hydrogens is 242 g/mol. The fraction of sp³-hybridized carbons (Fsp3) is 0.429. The Labute approximate surface area is 113 Å². The minimum Gasteiger partial charge on any atom is -0.358 e. The van der Waals surface area contributed by atoms with Crippen molar-refractivity contribution in [2.45, 2.75) is 19.3 Å². The molecule has 1 aromatic carbocycles. The van der Waals surface area contributed by atoms with Gasteiger partial charge in [-0.15, -0.1) is 0 Å². The number of carbonyl (C=O) groups is 2. The molecule has 0 unspecified atom stereocenters. The highest BCUT2D eigenvalue weighted by atomic mass is 16.2. The van der Waals surface area contributed by atoms with Gasteiger partial charge in [0.25, 0.3) is 0 Å². The molecule has 0 saturated heterocycles. The third-order valence-corrected chi connectivity index (χ3v) is 2.92. The van der Waals surface area contributed by atoms with Crippen LogP contribution < -0.4 is 16.0 Å². The maximum atomic E-state index is 11.4. The zero-order chi connectivity index (χ0) is 14.1. The molecule has 0 saturated carbocycles. The molecule has 104 valence electrons. The second kappa shape index (κ2) is 8.13. The number of carbonyl (C=O) groups excluding carboxylic acids is 2. The standard InChI is InChI=1S/C14H21N3O2/c1-11(12-6-4-3-5-7-12)8-9-16-14(19)17-10-13(18)15-2/h3-7,11H,8-10H2,1-2H3,(H,15,18)(H2,16,17,19)/t11-/m0/s1. The van der Waals surface area contributed by atoms with E-state index in [-0.39, 0.29) is 18.5 Å². The first-order valence-electron chi connectivity index (χ1n) is 6.40. The normalized spacial score (nSPS) is 11.5. The summed E-state index contributed by atoms with van der Waals surface area (Å²) in [5.41, 5.74) is 1.26. The van der Waals surface area contributed by atoms with Crippen LogP contribution in [0.1, 0.15) is 24.8 Å². The molecule has 19 heavy (non-hydrogen) atoms. The van der Waals surface area contributed by atoms with Crippen molar-refractivity contribution < 1.29 is 9.59 Å². The summed E-state index contributed by atoms with van der Waals surface area (Å²) >= 11 is 0. The molecule has 5 nitrogen and oxygen atoms in total. The summed E-state index contributed by atoms with van der Waals surface area (Å²) < 4.78 is 0. The van der Waals surface area contributed by atoms with E-state index in [1.807, 2.05) is 18.2 Å². The highest BCUT2D eigenvalue weighted by molar-refractivity contribution is 5.83. The monoisotopic (exact) mass is 263 g/mol. The first kappa shape index (κ1) is 15.0. The van der Waals surface area contributed by atoms with Crippen LogP contribution in [0.4, 0.5) is 4.79 Å².